The number of hydrogen-bond donors (Lipinski definition) is 1. The maximum atomic E-state index is 13.0. The predicted octanol–water partition coefficient (Wildman–Crippen LogP) is 4.06. The van der Waals surface area contributed by atoms with Gasteiger partial charge in [0.1, 0.15) is 0 Å². The third-order valence-corrected chi connectivity index (χ3v) is 4.06. The molecule has 0 radical (unpaired) electrons. The van der Waals surface area contributed by atoms with Gasteiger partial charge < -0.3 is 5.11 Å². The van der Waals surface area contributed by atoms with E-state index in [1.807, 2.05) is 6.07 Å². The Morgan fingerprint density at radius 1 is 1.18 bits per heavy atom. The molecule has 5 heteroatoms. The lowest BCUT2D eigenvalue weighted by atomic mass is 10.1. The van der Waals surface area contributed by atoms with Gasteiger partial charge in [0, 0.05) is 11.3 Å². The number of benzene rings is 1. The van der Waals surface area contributed by atoms with Gasteiger partial charge in [0.15, 0.2) is 11.6 Å². The third kappa shape index (κ3) is 3.12. The predicted molar refractivity (Wildman–Crippen MR) is 67.0 cm³/mol. The van der Waals surface area contributed by atoms with Crippen LogP contribution in [0.1, 0.15) is 16.5 Å². The van der Waals surface area contributed by atoms with E-state index in [1.54, 1.807) is 6.07 Å². The second-order valence-electron chi connectivity index (χ2n) is 3.61. The minimum absolute atomic E-state index is 0.268. The summed E-state index contributed by atoms with van der Waals surface area (Å²) in [5.74, 6) is -1.76. The molecule has 90 valence electrons. The highest BCUT2D eigenvalue weighted by molar-refractivity contribution is 9.11. The Hall–Kier alpha value is -0.780. The molecule has 1 aromatic heterocycles. The average Bonchev–Trinajstić information content (AvgIpc) is 2.70. The minimum atomic E-state index is -0.887. The van der Waals surface area contributed by atoms with Crippen LogP contribution in [0.2, 0.25) is 0 Å². The van der Waals surface area contributed by atoms with Crippen molar-refractivity contribution in [1.82, 2.24) is 0 Å². The van der Waals surface area contributed by atoms with Crippen molar-refractivity contribution in [2.45, 2.75) is 12.5 Å². The molecular formula is C12H9BrF2OS. The van der Waals surface area contributed by atoms with Crippen molar-refractivity contribution < 1.29 is 13.9 Å². The second-order valence-corrected chi connectivity index (χ2v) is 6.10. The Kier molecular flexibility index (Phi) is 3.91. The van der Waals surface area contributed by atoms with Crippen LogP contribution >= 0.6 is 27.3 Å². The summed E-state index contributed by atoms with van der Waals surface area (Å²) in [5.41, 5.74) is 0.570. The molecule has 17 heavy (non-hydrogen) atoms. The van der Waals surface area contributed by atoms with Crippen molar-refractivity contribution in [2.75, 3.05) is 0 Å². The fraction of sp³-hybridized carbons (Fsp3) is 0.167. The Balaban J connectivity index is 2.12. The summed E-state index contributed by atoms with van der Waals surface area (Å²) in [6.45, 7) is 0. The van der Waals surface area contributed by atoms with Crippen molar-refractivity contribution in [3.63, 3.8) is 0 Å². The number of aliphatic hydroxyl groups excluding tert-OH is 1. The number of hydrogen-bond acceptors (Lipinski definition) is 2. The molecule has 0 aliphatic heterocycles. The quantitative estimate of drug-likeness (QED) is 0.904. The molecule has 0 aliphatic rings. The zero-order valence-electron chi connectivity index (χ0n) is 8.66. The molecule has 0 bridgehead atoms. The van der Waals surface area contributed by atoms with E-state index >= 15 is 0 Å². The molecule has 0 spiro atoms. The van der Waals surface area contributed by atoms with Gasteiger partial charge in [-0.15, -0.1) is 11.3 Å². The maximum Gasteiger partial charge on any atom is 0.159 e. The summed E-state index contributed by atoms with van der Waals surface area (Å²) in [4.78, 5) is 0.793. The zero-order chi connectivity index (χ0) is 12.4. The summed E-state index contributed by atoms with van der Waals surface area (Å²) >= 11 is 4.73. The summed E-state index contributed by atoms with van der Waals surface area (Å²) < 4.78 is 26.6. The number of aliphatic hydroxyl groups is 1. The molecule has 1 atom stereocenters. The van der Waals surface area contributed by atoms with Crippen LogP contribution in [0.4, 0.5) is 8.78 Å². The SMILES string of the molecule is OC(Cc1ccc(F)c(F)c1)c1ccc(Br)s1. The topological polar surface area (TPSA) is 20.2 Å². The highest BCUT2D eigenvalue weighted by Gasteiger charge is 2.12. The van der Waals surface area contributed by atoms with E-state index in [1.165, 1.54) is 17.4 Å². The van der Waals surface area contributed by atoms with Crippen LogP contribution in [-0.2, 0) is 6.42 Å². The standard InChI is InChI=1S/C12H9BrF2OS/c13-12-4-3-11(17-12)10(16)6-7-1-2-8(14)9(15)5-7/h1-5,10,16H,6H2. The van der Waals surface area contributed by atoms with Gasteiger partial charge in [-0.2, -0.15) is 0 Å². The van der Waals surface area contributed by atoms with E-state index in [0.717, 1.165) is 20.8 Å². The molecule has 1 heterocycles. The monoisotopic (exact) mass is 318 g/mol. The normalized spacial score (nSPS) is 12.7. The highest BCUT2D eigenvalue weighted by Crippen LogP contribution is 2.29. The van der Waals surface area contributed by atoms with Gasteiger partial charge in [-0.1, -0.05) is 6.07 Å². The van der Waals surface area contributed by atoms with Gasteiger partial charge in [-0.3, -0.25) is 0 Å². The highest BCUT2D eigenvalue weighted by atomic mass is 79.9. The van der Waals surface area contributed by atoms with Crippen LogP contribution < -0.4 is 0 Å². The smallest absolute Gasteiger partial charge is 0.159 e. The first-order chi connectivity index (χ1) is 8.06. The molecular weight excluding hydrogens is 310 g/mol. The first-order valence-electron chi connectivity index (χ1n) is 4.93. The van der Waals surface area contributed by atoms with E-state index in [0.29, 0.717) is 5.56 Å². The van der Waals surface area contributed by atoms with Crippen LogP contribution in [0.3, 0.4) is 0 Å². The Bertz CT molecular complexity index is 527. The van der Waals surface area contributed by atoms with Gasteiger partial charge in [-0.05, 0) is 45.8 Å². The lowest BCUT2D eigenvalue weighted by molar-refractivity contribution is 0.182. The van der Waals surface area contributed by atoms with Crippen LogP contribution in [0.25, 0.3) is 0 Å². The summed E-state index contributed by atoms with van der Waals surface area (Å²) in [6.07, 6.45) is -0.430. The van der Waals surface area contributed by atoms with Crippen molar-refractivity contribution in [2.24, 2.45) is 0 Å². The zero-order valence-corrected chi connectivity index (χ0v) is 11.1. The Morgan fingerprint density at radius 3 is 2.53 bits per heavy atom. The van der Waals surface area contributed by atoms with E-state index in [9.17, 15) is 13.9 Å². The average molecular weight is 319 g/mol. The summed E-state index contributed by atoms with van der Waals surface area (Å²) in [6, 6.07) is 7.31. The lowest BCUT2D eigenvalue weighted by Crippen LogP contribution is -2.00. The molecule has 2 aromatic rings. The largest absolute Gasteiger partial charge is 0.387 e. The second kappa shape index (κ2) is 5.25. The van der Waals surface area contributed by atoms with E-state index in [4.69, 9.17) is 0 Å². The van der Waals surface area contributed by atoms with Gasteiger partial charge in [-0.25, -0.2) is 8.78 Å². The van der Waals surface area contributed by atoms with Crippen LogP contribution in [-0.4, -0.2) is 5.11 Å². The number of thiophene rings is 1. The number of rotatable bonds is 3. The Labute approximate surface area is 110 Å². The van der Waals surface area contributed by atoms with Gasteiger partial charge >= 0.3 is 0 Å². The van der Waals surface area contributed by atoms with Gasteiger partial charge in [0.2, 0.25) is 0 Å². The molecule has 0 saturated carbocycles. The van der Waals surface area contributed by atoms with Crippen molar-refractivity contribution in [3.05, 3.63) is 56.2 Å². The maximum absolute atomic E-state index is 13.0. The molecule has 0 amide bonds. The Morgan fingerprint density at radius 2 is 1.94 bits per heavy atom. The molecule has 2 rings (SSSR count). The molecule has 0 aliphatic carbocycles. The van der Waals surface area contributed by atoms with Gasteiger partial charge in [0.25, 0.3) is 0 Å². The lowest BCUT2D eigenvalue weighted by Gasteiger charge is -2.08. The first kappa shape index (κ1) is 12.7. The van der Waals surface area contributed by atoms with Crippen LogP contribution in [0.5, 0.6) is 0 Å². The van der Waals surface area contributed by atoms with Crippen LogP contribution in [0, 0.1) is 11.6 Å². The fourth-order valence-corrected chi connectivity index (χ4v) is 2.91. The van der Waals surface area contributed by atoms with E-state index in [-0.39, 0.29) is 6.42 Å². The molecule has 1 aromatic carbocycles. The van der Waals surface area contributed by atoms with E-state index in [2.05, 4.69) is 15.9 Å². The molecule has 1 N–H and O–H groups in total. The fourth-order valence-electron chi connectivity index (χ4n) is 1.50. The minimum Gasteiger partial charge on any atom is -0.387 e. The molecule has 1 unspecified atom stereocenters. The van der Waals surface area contributed by atoms with Crippen molar-refractivity contribution in [3.8, 4) is 0 Å². The van der Waals surface area contributed by atoms with Crippen molar-refractivity contribution in [1.29, 1.82) is 0 Å². The van der Waals surface area contributed by atoms with Gasteiger partial charge in [0.05, 0.1) is 9.89 Å². The first-order valence-corrected chi connectivity index (χ1v) is 6.54. The molecule has 0 saturated heterocycles. The van der Waals surface area contributed by atoms with Crippen LogP contribution in [0.15, 0.2) is 34.1 Å². The summed E-state index contributed by atoms with van der Waals surface area (Å²) in [7, 11) is 0. The number of halogens is 3. The molecule has 1 nitrogen and oxygen atoms in total. The third-order valence-electron chi connectivity index (χ3n) is 2.34. The summed E-state index contributed by atoms with van der Waals surface area (Å²) in [5, 5.41) is 9.92. The van der Waals surface area contributed by atoms with E-state index < -0.39 is 17.7 Å². The van der Waals surface area contributed by atoms with Crippen molar-refractivity contribution >= 4 is 27.3 Å². The molecule has 0 fully saturated rings.